The maximum absolute atomic E-state index is 12.3. The standard InChI is InChI=1S/C18H22O4/c1-21-16(19)18(17(20)22-2)8-12-6-14-10-3-4-11(5-10)15(14)7-13(12)9-18/h6-7,10-11,14-15H,3-5,8-9H2,1-2H3/t10-,11+,14+,15-. The lowest BCUT2D eigenvalue weighted by atomic mass is 9.74. The predicted molar refractivity (Wildman–Crippen MR) is 79.7 cm³/mol. The SMILES string of the molecule is COC(=O)C1(C(=O)OC)CC2=C[C@@H]3[C@H]4CC[C@H](C4)[C@@H]3C=C2C1. The molecule has 3 fully saturated rings. The van der Waals surface area contributed by atoms with Crippen molar-refractivity contribution < 1.29 is 19.1 Å². The van der Waals surface area contributed by atoms with Crippen LogP contribution in [0.2, 0.25) is 0 Å². The lowest BCUT2D eigenvalue weighted by Gasteiger charge is -2.31. The van der Waals surface area contributed by atoms with Gasteiger partial charge in [0.05, 0.1) is 14.2 Å². The molecule has 4 rings (SSSR count). The van der Waals surface area contributed by atoms with E-state index in [0.717, 1.165) is 11.8 Å². The third kappa shape index (κ3) is 1.70. The van der Waals surface area contributed by atoms with E-state index in [4.69, 9.17) is 9.47 Å². The summed E-state index contributed by atoms with van der Waals surface area (Å²) in [6.07, 6.45) is 9.59. The van der Waals surface area contributed by atoms with Gasteiger partial charge in [-0.1, -0.05) is 12.2 Å². The van der Waals surface area contributed by atoms with Gasteiger partial charge in [0, 0.05) is 0 Å². The lowest BCUT2D eigenvalue weighted by Crippen LogP contribution is -2.38. The summed E-state index contributed by atoms with van der Waals surface area (Å²) < 4.78 is 9.84. The van der Waals surface area contributed by atoms with Crippen LogP contribution in [0.3, 0.4) is 0 Å². The molecule has 0 unspecified atom stereocenters. The Labute approximate surface area is 130 Å². The Morgan fingerprint density at radius 3 is 1.82 bits per heavy atom. The van der Waals surface area contributed by atoms with Crippen molar-refractivity contribution >= 4 is 11.9 Å². The highest BCUT2D eigenvalue weighted by Gasteiger charge is 2.56. The molecule has 2 bridgehead atoms. The van der Waals surface area contributed by atoms with Crippen molar-refractivity contribution in [2.24, 2.45) is 29.1 Å². The van der Waals surface area contributed by atoms with Gasteiger partial charge < -0.3 is 9.47 Å². The first-order valence-electron chi connectivity index (χ1n) is 8.17. The Kier molecular flexibility index (Phi) is 3.00. The van der Waals surface area contributed by atoms with Crippen molar-refractivity contribution in [1.82, 2.24) is 0 Å². The largest absolute Gasteiger partial charge is 0.468 e. The summed E-state index contributed by atoms with van der Waals surface area (Å²) in [5.41, 5.74) is 1.17. The molecule has 118 valence electrons. The molecular weight excluding hydrogens is 280 g/mol. The summed E-state index contributed by atoms with van der Waals surface area (Å²) in [4.78, 5) is 24.6. The van der Waals surface area contributed by atoms with Gasteiger partial charge in [0.2, 0.25) is 0 Å². The molecule has 3 saturated carbocycles. The Morgan fingerprint density at radius 1 is 0.955 bits per heavy atom. The second-order valence-corrected chi connectivity index (χ2v) is 7.29. The van der Waals surface area contributed by atoms with Crippen molar-refractivity contribution in [3.63, 3.8) is 0 Å². The van der Waals surface area contributed by atoms with Gasteiger partial charge in [-0.15, -0.1) is 0 Å². The fourth-order valence-electron chi connectivity index (χ4n) is 5.37. The Bertz CT molecular complexity index is 548. The number of ether oxygens (including phenoxy) is 2. The van der Waals surface area contributed by atoms with Gasteiger partial charge in [-0.2, -0.15) is 0 Å². The number of allylic oxidation sites excluding steroid dienone is 4. The summed E-state index contributed by atoms with van der Waals surface area (Å²) in [6, 6.07) is 0. The smallest absolute Gasteiger partial charge is 0.323 e. The van der Waals surface area contributed by atoms with Crippen LogP contribution < -0.4 is 0 Å². The average Bonchev–Trinajstić information content (AvgIpc) is 3.23. The second-order valence-electron chi connectivity index (χ2n) is 7.29. The first kappa shape index (κ1) is 14.0. The molecule has 4 aliphatic rings. The Balaban J connectivity index is 1.70. The molecule has 0 N–H and O–H groups in total. The highest BCUT2D eigenvalue weighted by atomic mass is 16.5. The van der Waals surface area contributed by atoms with Crippen molar-refractivity contribution in [3.8, 4) is 0 Å². The van der Waals surface area contributed by atoms with Crippen molar-refractivity contribution in [2.75, 3.05) is 14.2 Å². The van der Waals surface area contributed by atoms with E-state index in [1.807, 2.05) is 0 Å². The molecule has 0 radical (unpaired) electrons. The highest BCUT2D eigenvalue weighted by molar-refractivity contribution is 6.02. The molecular formula is C18H22O4. The monoisotopic (exact) mass is 302 g/mol. The summed E-state index contributed by atoms with van der Waals surface area (Å²) >= 11 is 0. The number of hydrogen-bond donors (Lipinski definition) is 0. The third-order valence-corrected chi connectivity index (χ3v) is 6.38. The molecule has 4 nitrogen and oxygen atoms in total. The van der Waals surface area contributed by atoms with Gasteiger partial charge in [-0.05, 0) is 66.9 Å². The Hall–Kier alpha value is -1.58. The first-order chi connectivity index (χ1) is 10.6. The van der Waals surface area contributed by atoms with Gasteiger partial charge in [-0.25, -0.2) is 0 Å². The van der Waals surface area contributed by atoms with Gasteiger partial charge in [-0.3, -0.25) is 9.59 Å². The summed E-state index contributed by atoms with van der Waals surface area (Å²) in [6.45, 7) is 0. The molecule has 4 aliphatic carbocycles. The molecule has 4 heteroatoms. The molecule has 0 heterocycles. The van der Waals surface area contributed by atoms with Crippen LogP contribution in [0.1, 0.15) is 32.1 Å². The minimum atomic E-state index is -1.17. The van der Waals surface area contributed by atoms with Crippen LogP contribution in [-0.2, 0) is 19.1 Å². The predicted octanol–water partition coefficient (Wildman–Crippen LogP) is 2.64. The Morgan fingerprint density at radius 2 is 1.41 bits per heavy atom. The highest BCUT2D eigenvalue weighted by Crippen LogP contribution is 2.59. The van der Waals surface area contributed by atoms with Crippen LogP contribution in [0.5, 0.6) is 0 Å². The average molecular weight is 302 g/mol. The minimum absolute atomic E-state index is 0.429. The fourth-order valence-corrected chi connectivity index (χ4v) is 5.37. The van der Waals surface area contributed by atoms with Gasteiger partial charge in [0.15, 0.2) is 5.41 Å². The molecule has 4 atom stereocenters. The van der Waals surface area contributed by atoms with E-state index in [1.165, 1.54) is 44.6 Å². The van der Waals surface area contributed by atoms with E-state index in [1.54, 1.807) is 0 Å². The zero-order valence-corrected chi connectivity index (χ0v) is 13.1. The van der Waals surface area contributed by atoms with E-state index >= 15 is 0 Å². The number of carbonyl (C=O) groups is 2. The van der Waals surface area contributed by atoms with E-state index < -0.39 is 17.4 Å². The zero-order valence-electron chi connectivity index (χ0n) is 13.1. The second kappa shape index (κ2) is 4.71. The number of fused-ring (bicyclic) bond motifs is 6. The summed E-state index contributed by atoms with van der Waals surface area (Å²) in [7, 11) is 2.68. The molecule has 0 spiro atoms. The first-order valence-corrected chi connectivity index (χ1v) is 8.17. The quantitative estimate of drug-likeness (QED) is 0.581. The molecule has 22 heavy (non-hydrogen) atoms. The zero-order chi connectivity index (χ0) is 15.5. The van der Waals surface area contributed by atoms with Crippen LogP contribution in [0.15, 0.2) is 23.3 Å². The van der Waals surface area contributed by atoms with E-state index in [2.05, 4.69) is 12.2 Å². The van der Waals surface area contributed by atoms with Gasteiger partial charge in [0.1, 0.15) is 0 Å². The van der Waals surface area contributed by atoms with Crippen LogP contribution in [0, 0.1) is 29.1 Å². The van der Waals surface area contributed by atoms with Gasteiger partial charge >= 0.3 is 11.9 Å². The third-order valence-electron chi connectivity index (χ3n) is 6.38. The summed E-state index contributed by atoms with van der Waals surface area (Å²) in [5.74, 6) is 1.89. The molecule has 0 aromatic carbocycles. The van der Waals surface area contributed by atoms with E-state index in [-0.39, 0.29) is 0 Å². The van der Waals surface area contributed by atoms with E-state index in [0.29, 0.717) is 24.7 Å². The topological polar surface area (TPSA) is 52.6 Å². The summed E-state index contributed by atoms with van der Waals surface area (Å²) in [5, 5.41) is 0. The van der Waals surface area contributed by atoms with Crippen molar-refractivity contribution in [2.45, 2.75) is 32.1 Å². The maximum Gasteiger partial charge on any atom is 0.323 e. The van der Waals surface area contributed by atoms with E-state index in [9.17, 15) is 9.59 Å². The number of esters is 2. The molecule has 0 aromatic heterocycles. The number of hydrogen-bond acceptors (Lipinski definition) is 4. The number of carbonyl (C=O) groups excluding carboxylic acids is 2. The van der Waals surface area contributed by atoms with Crippen LogP contribution >= 0.6 is 0 Å². The number of methoxy groups -OCH3 is 2. The molecule has 0 aliphatic heterocycles. The maximum atomic E-state index is 12.3. The normalized spacial score (nSPS) is 37.0. The lowest BCUT2D eigenvalue weighted by molar-refractivity contribution is -0.168. The van der Waals surface area contributed by atoms with Crippen LogP contribution in [-0.4, -0.2) is 26.2 Å². The molecule has 0 amide bonds. The van der Waals surface area contributed by atoms with Crippen molar-refractivity contribution in [1.29, 1.82) is 0 Å². The van der Waals surface area contributed by atoms with Crippen molar-refractivity contribution in [3.05, 3.63) is 23.3 Å². The number of rotatable bonds is 2. The fraction of sp³-hybridized carbons (Fsp3) is 0.667. The molecule has 0 saturated heterocycles. The minimum Gasteiger partial charge on any atom is -0.468 e. The van der Waals surface area contributed by atoms with Crippen LogP contribution in [0.4, 0.5) is 0 Å². The molecule has 0 aromatic rings. The van der Waals surface area contributed by atoms with Gasteiger partial charge in [0.25, 0.3) is 0 Å². The van der Waals surface area contributed by atoms with Crippen LogP contribution in [0.25, 0.3) is 0 Å².